The molecule has 106 valence electrons. The molecule has 1 aromatic carbocycles. The second-order valence-electron chi connectivity index (χ2n) is 4.87. The Kier molecular flexibility index (Phi) is 4.25. The fraction of sp³-hybridized carbons (Fsp3) is 0.312. The van der Waals surface area contributed by atoms with Gasteiger partial charge >= 0.3 is 0 Å². The van der Waals surface area contributed by atoms with Gasteiger partial charge in [0.05, 0.1) is 19.8 Å². The third-order valence-corrected chi connectivity index (χ3v) is 3.34. The van der Waals surface area contributed by atoms with Gasteiger partial charge in [-0.1, -0.05) is 12.1 Å². The van der Waals surface area contributed by atoms with E-state index in [4.69, 9.17) is 4.74 Å². The van der Waals surface area contributed by atoms with Crippen molar-refractivity contribution in [2.45, 2.75) is 26.5 Å². The van der Waals surface area contributed by atoms with Gasteiger partial charge in [-0.05, 0) is 37.6 Å². The van der Waals surface area contributed by atoms with E-state index in [0.717, 1.165) is 11.1 Å². The molecule has 1 atom stereocenters. The van der Waals surface area contributed by atoms with Crippen LogP contribution in [0, 0.1) is 6.92 Å². The number of rotatable bonds is 4. The average Bonchev–Trinajstić information content (AvgIpc) is 2.43. The average molecular weight is 273 g/mol. The molecule has 2 aromatic rings. The highest BCUT2D eigenvalue weighted by molar-refractivity contribution is 5.38. The Labute approximate surface area is 118 Å². The van der Waals surface area contributed by atoms with Gasteiger partial charge in [0.15, 0.2) is 0 Å². The fourth-order valence-corrected chi connectivity index (χ4v) is 2.15. The van der Waals surface area contributed by atoms with Crippen molar-refractivity contribution in [1.82, 2.24) is 4.57 Å². The van der Waals surface area contributed by atoms with Gasteiger partial charge in [0.1, 0.15) is 5.75 Å². The molecule has 2 rings (SSSR count). The Morgan fingerprint density at radius 2 is 2.10 bits per heavy atom. The van der Waals surface area contributed by atoms with Gasteiger partial charge in [0.2, 0.25) is 0 Å². The molecule has 1 N–H and O–H groups in total. The van der Waals surface area contributed by atoms with E-state index in [1.807, 2.05) is 24.3 Å². The largest absolute Gasteiger partial charge is 0.496 e. The smallest absolute Gasteiger partial charge is 0.253 e. The number of methoxy groups -OCH3 is 1. The van der Waals surface area contributed by atoms with Crippen LogP contribution in [0.25, 0.3) is 0 Å². The van der Waals surface area contributed by atoms with Gasteiger partial charge < -0.3 is 14.4 Å². The summed E-state index contributed by atoms with van der Waals surface area (Å²) in [5.74, 6) is 0.711. The van der Waals surface area contributed by atoms with Crippen LogP contribution in [-0.2, 0) is 6.54 Å². The molecular formula is C16H19NO3. The molecule has 0 saturated heterocycles. The highest BCUT2D eigenvalue weighted by Gasteiger charge is 2.09. The zero-order chi connectivity index (χ0) is 14.7. The number of nitrogens with zero attached hydrogens (tertiary/aromatic N) is 1. The van der Waals surface area contributed by atoms with Crippen LogP contribution in [0.3, 0.4) is 0 Å². The Balaban J connectivity index is 2.43. The van der Waals surface area contributed by atoms with Crippen LogP contribution in [0.1, 0.15) is 29.7 Å². The number of aliphatic hydroxyl groups excluding tert-OH is 1. The number of aryl methyl sites for hydroxylation is 1. The van der Waals surface area contributed by atoms with Crippen molar-refractivity contribution >= 4 is 0 Å². The van der Waals surface area contributed by atoms with Crippen molar-refractivity contribution in [2.75, 3.05) is 7.11 Å². The summed E-state index contributed by atoms with van der Waals surface area (Å²) in [6.45, 7) is 3.93. The molecular weight excluding hydrogens is 254 g/mol. The zero-order valence-electron chi connectivity index (χ0n) is 12.0. The first-order chi connectivity index (χ1) is 9.52. The summed E-state index contributed by atoms with van der Waals surface area (Å²) in [7, 11) is 1.60. The highest BCUT2D eigenvalue weighted by Crippen LogP contribution is 2.23. The third-order valence-electron chi connectivity index (χ3n) is 3.34. The second-order valence-corrected chi connectivity index (χ2v) is 4.87. The maximum atomic E-state index is 12.1. The van der Waals surface area contributed by atoms with Crippen LogP contribution in [-0.4, -0.2) is 16.8 Å². The lowest BCUT2D eigenvalue weighted by atomic mass is 10.1. The minimum absolute atomic E-state index is 0.0167. The first kappa shape index (κ1) is 14.3. The minimum Gasteiger partial charge on any atom is -0.496 e. The van der Waals surface area contributed by atoms with E-state index in [9.17, 15) is 9.90 Å². The molecule has 1 unspecified atom stereocenters. The van der Waals surface area contributed by atoms with Gasteiger partial charge in [-0.3, -0.25) is 4.79 Å². The maximum absolute atomic E-state index is 12.1. The number of pyridine rings is 1. The molecule has 0 spiro atoms. The van der Waals surface area contributed by atoms with Gasteiger partial charge in [-0.2, -0.15) is 0 Å². The van der Waals surface area contributed by atoms with Gasteiger partial charge in [0, 0.05) is 17.3 Å². The van der Waals surface area contributed by atoms with Crippen LogP contribution >= 0.6 is 0 Å². The molecule has 0 saturated carbocycles. The Morgan fingerprint density at radius 1 is 1.35 bits per heavy atom. The molecule has 0 aliphatic rings. The second kappa shape index (κ2) is 5.92. The number of ether oxygens (including phenoxy) is 1. The zero-order valence-corrected chi connectivity index (χ0v) is 12.0. The topological polar surface area (TPSA) is 51.5 Å². The molecule has 20 heavy (non-hydrogen) atoms. The van der Waals surface area contributed by atoms with Gasteiger partial charge in [-0.25, -0.2) is 0 Å². The molecule has 1 heterocycles. The standard InChI is InChI=1S/C16H19NO3/c1-11-5-4-8-17(16(11)19)10-14-9-13(12(2)18)6-7-15(14)20-3/h4-9,12,18H,10H2,1-3H3. The Hall–Kier alpha value is -2.07. The summed E-state index contributed by atoms with van der Waals surface area (Å²) in [5, 5.41) is 9.67. The lowest BCUT2D eigenvalue weighted by molar-refractivity contribution is 0.199. The van der Waals surface area contributed by atoms with Crippen LogP contribution in [0.4, 0.5) is 0 Å². The van der Waals surface area contributed by atoms with E-state index in [0.29, 0.717) is 17.9 Å². The Morgan fingerprint density at radius 3 is 2.75 bits per heavy atom. The number of aliphatic hydroxyl groups is 1. The van der Waals surface area contributed by atoms with Crippen molar-refractivity contribution < 1.29 is 9.84 Å². The third kappa shape index (κ3) is 2.91. The molecule has 0 bridgehead atoms. The van der Waals surface area contributed by atoms with Crippen LogP contribution in [0.5, 0.6) is 5.75 Å². The van der Waals surface area contributed by atoms with Crippen molar-refractivity contribution in [1.29, 1.82) is 0 Å². The maximum Gasteiger partial charge on any atom is 0.253 e. The monoisotopic (exact) mass is 273 g/mol. The quantitative estimate of drug-likeness (QED) is 0.929. The number of aromatic nitrogens is 1. The summed E-state index contributed by atoms with van der Waals surface area (Å²) in [4.78, 5) is 12.1. The van der Waals surface area contributed by atoms with Crippen LogP contribution in [0.2, 0.25) is 0 Å². The van der Waals surface area contributed by atoms with E-state index < -0.39 is 6.10 Å². The summed E-state index contributed by atoms with van der Waals surface area (Å²) < 4.78 is 6.96. The summed E-state index contributed by atoms with van der Waals surface area (Å²) in [5.41, 5.74) is 2.37. The Bertz CT molecular complexity index is 659. The van der Waals surface area contributed by atoms with Crippen LogP contribution < -0.4 is 10.3 Å². The first-order valence-corrected chi connectivity index (χ1v) is 6.54. The van der Waals surface area contributed by atoms with Crippen molar-refractivity contribution in [3.05, 3.63) is 63.6 Å². The van der Waals surface area contributed by atoms with Crippen molar-refractivity contribution in [2.24, 2.45) is 0 Å². The van der Waals surface area contributed by atoms with E-state index >= 15 is 0 Å². The van der Waals surface area contributed by atoms with E-state index in [-0.39, 0.29) is 5.56 Å². The van der Waals surface area contributed by atoms with E-state index in [1.165, 1.54) is 0 Å². The molecule has 0 aliphatic carbocycles. The SMILES string of the molecule is COc1ccc(C(C)O)cc1Cn1cccc(C)c1=O. The van der Waals surface area contributed by atoms with Crippen LogP contribution in [0.15, 0.2) is 41.3 Å². The number of hydrogen-bond acceptors (Lipinski definition) is 3. The predicted molar refractivity (Wildman–Crippen MR) is 78.2 cm³/mol. The molecule has 0 aliphatic heterocycles. The van der Waals surface area contributed by atoms with E-state index in [2.05, 4.69) is 0 Å². The van der Waals surface area contributed by atoms with Crippen molar-refractivity contribution in [3.63, 3.8) is 0 Å². The highest BCUT2D eigenvalue weighted by atomic mass is 16.5. The summed E-state index contributed by atoms with van der Waals surface area (Å²) >= 11 is 0. The minimum atomic E-state index is -0.547. The molecule has 1 aromatic heterocycles. The predicted octanol–water partition coefficient (Wildman–Crippen LogP) is 2.27. The van der Waals surface area contributed by atoms with Gasteiger partial charge in [-0.15, -0.1) is 0 Å². The van der Waals surface area contributed by atoms with Crippen molar-refractivity contribution in [3.8, 4) is 5.75 Å². The molecule has 0 radical (unpaired) electrons. The molecule has 4 heteroatoms. The fourth-order valence-electron chi connectivity index (χ4n) is 2.15. The first-order valence-electron chi connectivity index (χ1n) is 6.54. The molecule has 4 nitrogen and oxygen atoms in total. The molecule has 0 fully saturated rings. The number of benzene rings is 1. The summed E-state index contributed by atoms with van der Waals surface area (Å²) in [6.07, 6.45) is 1.21. The summed E-state index contributed by atoms with van der Waals surface area (Å²) in [6, 6.07) is 9.16. The molecule has 0 amide bonds. The van der Waals surface area contributed by atoms with E-state index in [1.54, 1.807) is 37.8 Å². The number of hydrogen-bond donors (Lipinski definition) is 1. The lowest BCUT2D eigenvalue weighted by Gasteiger charge is -2.14. The lowest BCUT2D eigenvalue weighted by Crippen LogP contribution is -2.22. The van der Waals surface area contributed by atoms with Gasteiger partial charge in [0.25, 0.3) is 5.56 Å². The normalized spacial score (nSPS) is 12.2.